The number of ether oxygens (including phenoxy) is 1. The quantitative estimate of drug-likeness (QED) is 0.689. The van der Waals surface area contributed by atoms with Crippen LogP contribution >= 0.6 is 34.7 Å². The molecule has 0 aliphatic carbocycles. The Balaban J connectivity index is 2.47. The van der Waals surface area contributed by atoms with E-state index in [0.717, 1.165) is 4.21 Å². The molecular formula is C12H10ClNO2S2. The smallest absolute Gasteiger partial charge is 0.339 e. The average molecular weight is 300 g/mol. The first kappa shape index (κ1) is 13.3. The summed E-state index contributed by atoms with van der Waals surface area (Å²) in [7, 11) is 1.33. The molecule has 0 radical (unpaired) electrons. The summed E-state index contributed by atoms with van der Waals surface area (Å²) in [5, 5.41) is 2.42. The van der Waals surface area contributed by atoms with E-state index in [-0.39, 0.29) is 0 Å². The van der Waals surface area contributed by atoms with Crippen LogP contribution in [0.1, 0.15) is 10.4 Å². The zero-order valence-corrected chi connectivity index (χ0v) is 11.9. The molecule has 18 heavy (non-hydrogen) atoms. The van der Waals surface area contributed by atoms with Crippen molar-refractivity contribution < 1.29 is 9.53 Å². The highest BCUT2D eigenvalue weighted by atomic mass is 35.5. The van der Waals surface area contributed by atoms with Crippen LogP contribution < -0.4 is 5.73 Å². The number of benzene rings is 1. The lowest BCUT2D eigenvalue weighted by Gasteiger charge is -2.09. The maximum absolute atomic E-state index is 11.7. The van der Waals surface area contributed by atoms with Crippen LogP contribution in [0.4, 0.5) is 5.69 Å². The molecule has 1 aromatic heterocycles. The van der Waals surface area contributed by atoms with Crippen LogP contribution in [-0.2, 0) is 4.74 Å². The fourth-order valence-corrected chi connectivity index (χ4v) is 3.56. The second-order valence-corrected chi connectivity index (χ2v) is 6.07. The second-order valence-electron chi connectivity index (χ2n) is 3.41. The molecule has 0 spiro atoms. The lowest BCUT2D eigenvalue weighted by Crippen LogP contribution is -2.04. The molecule has 0 saturated heterocycles. The van der Waals surface area contributed by atoms with Gasteiger partial charge in [-0.2, -0.15) is 0 Å². The Bertz CT molecular complexity index is 570. The number of anilines is 1. The van der Waals surface area contributed by atoms with Crippen LogP contribution in [-0.4, -0.2) is 13.1 Å². The van der Waals surface area contributed by atoms with Crippen molar-refractivity contribution in [1.82, 2.24) is 0 Å². The van der Waals surface area contributed by atoms with Crippen LogP contribution in [0.3, 0.4) is 0 Å². The molecule has 1 heterocycles. The zero-order valence-electron chi connectivity index (χ0n) is 9.48. The first-order chi connectivity index (χ1) is 8.61. The first-order valence-corrected chi connectivity index (χ1v) is 7.08. The summed E-state index contributed by atoms with van der Waals surface area (Å²) in [4.78, 5) is 12.4. The molecular weight excluding hydrogens is 290 g/mol. The maximum Gasteiger partial charge on any atom is 0.339 e. The van der Waals surface area contributed by atoms with Crippen molar-refractivity contribution in [2.45, 2.75) is 9.10 Å². The number of rotatable bonds is 3. The number of hydrogen-bond donors (Lipinski definition) is 1. The Morgan fingerprint density at radius 3 is 2.89 bits per heavy atom. The Hall–Kier alpha value is -1.17. The van der Waals surface area contributed by atoms with Gasteiger partial charge in [-0.3, -0.25) is 0 Å². The van der Waals surface area contributed by atoms with E-state index in [1.54, 1.807) is 23.5 Å². The highest BCUT2D eigenvalue weighted by Crippen LogP contribution is 2.39. The van der Waals surface area contributed by atoms with Crippen LogP contribution in [0.15, 0.2) is 38.8 Å². The van der Waals surface area contributed by atoms with Crippen molar-refractivity contribution in [2.75, 3.05) is 12.8 Å². The molecule has 0 fully saturated rings. The predicted octanol–water partition coefficient (Wildman–Crippen LogP) is 3.92. The third kappa shape index (κ3) is 2.80. The van der Waals surface area contributed by atoms with Crippen molar-refractivity contribution in [2.24, 2.45) is 0 Å². The standard InChI is InChI=1S/C12H10ClNO2S2/c1-16-12(15)8-5-7(14)6-9(13)11(8)18-10-3-2-4-17-10/h2-6H,14H2,1H3. The van der Waals surface area contributed by atoms with Crippen LogP contribution in [0.25, 0.3) is 0 Å². The number of nitrogen functional groups attached to an aromatic ring is 1. The monoisotopic (exact) mass is 299 g/mol. The third-order valence-electron chi connectivity index (χ3n) is 2.17. The van der Waals surface area contributed by atoms with Gasteiger partial charge in [0.25, 0.3) is 0 Å². The van der Waals surface area contributed by atoms with Gasteiger partial charge >= 0.3 is 5.97 Å². The topological polar surface area (TPSA) is 52.3 Å². The number of hydrogen-bond acceptors (Lipinski definition) is 5. The number of methoxy groups -OCH3 is 1. The lowest BCUT2D eigenvalue weighted by atomic mass is 10.2. The van der Waals surface area contributed by atoms with Crippen molar-refractivity contribution in [3.63, 3.8) is 0 Å². The molecule has 2 rings (SSSR count). The van der Waals surface area contributed by atoms with E-state index < -0.39 is 5.97 Å². The van der Waals surface area contributed by atoms with E-state index in [1.807, 2.05) is 17.5 Å². The summed E-state index contributed by atoms with van der Waals surface area (Å²) in [6, 6.07) is 7.11. The summed E-state index contributed by atoms with van der Waals surface area (Å²) in [5.41, 5.74) is 6.53. The van der Waals surface area contributed by atoms with E-state index >= 15 is 0 Å². The van der Waals surface area contributed by atoms with Crippen molar-refractivity contribution in [3.8, 4) is 0 Å². The number of carbonyl (C=O) groups is 1. The molecule has 0 atom stereocenters. The molecule has 0 aliphatic heterocycles. The Morgan fingerprint density at radius 1 is 1.50 bits per heavy atom. The van der Waals surface area contributed by atoms with Gasteiger partial charge in [-0.15, -0.1) is 11.3 Å². The van der Waals surface area contributed by atoms with Gasteiger partial charge in [0.2, 0.25) is 0 Å². The molecule has 0 aliphatic rings. The third-order valence-corrected chi connectivity index (χ3v) is 4.76. The predicted molar refractivity (Wildman–Crippen MR) is 75.6 cm³/mol. The van der Waals surface area contributed by atoms with Gasteiger partial charge in [-0.05, 0) is 23.6 Å². The van der Waals surface area contributed by atoms with Crippen LogP contribution in [0.5, 0.6) is 0 Å². The highest BCUT2D eigenvalue weighted by molar-refractivity contribution is 8.01. The van der Waals surface area contributed by atoms with E-state index in [2.05, 4.69) is 0 Å². The summed E-state index contributed by atoms with van der Waals surface area (Å²) in [6.07, 6.45) is 0. The Labute approximate surface area is 118 Å². The molecule has 6 heteroatoms. The molecule has 2 aromatic rings. The van der Waals surface area contributed by atoms with Crippen molar-refractivity contribution in [1.29, 1.82) is 0 Å². The van der Waals surface area contributed by atoms with E-state index in [0.29, 0.717) is 21.2 Å². The molecule has 0 amide bonds. The lowest BCUT2D eigenvalue weighted by molar-refractivity contribution is 0.0597. The number of halogens is 1. The Morgan fingerprint density at radius 2 is 2.28 bits per heavy atom. The number of carbonyl (C=O) groups excluding carboxylic acids is 1. The normalized spacial score (nSPS) is 10.3. The zero-order chi connectivity index (χ0) is 13.1. The Kier molecular flexibility index (Phi) is 4.16. The molecule has 94 valence electrons. The van der Waals surface area contributed by atoms with Gasteiger partial charge < -0.3 is 10.5 Å². The van der Waals surface area contributed by atoms with E-state index in [4.69, 9.17) is 22.1 Å². The highest BCUT2D eigenvalue weighted by Gasteiger charge is 2.17. The average Bonchev–Trinajstić information content (AvgIpc) is 2.84. The fraction of sp³-hybridized carbons (Fsp3) is 0.0833. The van der Waals surface area contributed by atoms with Gasteiger partial charge in [0, 0.05) is 10.6 Å². The van der Waals surface area contributed by atoms with Gasteiger partial charge in [-0.25, -0.2) is 4.79 Å². The van der Waals surface area contributed by atoms with Gasteiger partial charge in [0.15, 0.2) is 0 Å². The van der Waals surface area contributed by atoms with Crippen LogP contribution in [0.2, 0.25) is 5.02 Å². The molecule has 3 nitrogen and oxygen atoms in total. The van der Waals surface area contributed by atoms with Crippen LogP contribution in [0, 0.1) is 0 Å². The maximum atomic E-state index is 11.7. The number of nitrogens with two attached hydrogens (primary N) is 1. The molecule has 1 aromatic carbocycles. The molecule has 0 bridgehead atoms. The second kappa shape index (κ2) is 5.65. The minimum absolute atomic E-state index is 0.390. The number of esters is 1. The molecule has 0 unspecified atom stereocenters. The summed E-state index contributed by atoms with van der Waals surface area (Å²) in [5.74, 6) is -0.441. The van der Waals surface area contributed by atoms with Gasteiger partial charge in [-0.1, -0.05) is 29.4 Å². The van der Waals surface area contributed by atoms with E-state index in [1.165, 1.54) is 18.9 Å². The minimum atomic E-state index is -0.441. The summed E-state index contributed by atoms with van der Waals surface area (Å²) < 4.78 is 5.79. The molecule has 0 saturated carbocycles. The van der Waals surface area contributed by atoms with Gasteiger partial charge in [0.05, 0.1) is 21.9 Å². The molecule has 2 N–H and O–H groups in total. The summed E-state index contributed by atoms with van der Waals surface area (Å²) >= 11 is 9.16. The fourth-order valence-electron chi connectivity index (χ4n) is 1.40. The summed E-state index contributed by atoms with van der Waals surface area (Å²) in [6.45, 7) is 0. The first-order valence-electron chi connectivity index (χ1n) is 5.00. The van der Waals surface area contributed by atoms with Gasteiger partial charge in [0.1, 0.15) is 0 Å². The minimum Gasteiger partial charge on any atom is -0.465 e. The van der Waals surface area contributed by atoms with Crippen molar-refractivity contribution in [3.05, 3.63) is 40.2 Å². The largest absolute Gasteiger partial charge is 0.465 e. The van der Waals surface area contributed by atoms with Crippen molar-refractivity contribution >= 4 is 46.4 Å². The van der Waals surface area contributed by atoms with E-state index in [9.17, 15) is 4.79 Å². The number of thiophene rings is 1. The SMILES string of the molecule is COC(=O)c1cc(N)cc(Cl)c1Sc1cccs1.